The van der Waals surface area contributed by atoms with E-state index in [-0.39, 0.29) is 5.56 Å². The Hall–Kier alpha value is -3.26. The molecule has 0 saturated carbocycles. The summed E-state index contributed by atoms with van der Waals surface area (Å²) in [5, 5.41) is 8.09. The van der Waals surface area contributed by atoms with Gasteiger partial charge in [0.15, 0.2) is 0 Å². The molecule has 0 aromatic carbocycles. The molecule has 0 aliphatic carbocycles. The van der Waals surface area contributed by atoms with E-state index in [9.17, 15) is 4.79 Å². The van der Waals surface area contributed by atoms with E-state index in [0.29, 0.717) is 28.9 Å². The molecule has 0 unspecified atom stereocenters. The van der Waals surface area contributed by atoms with Gasteiger partial charge >= 0.3 is 0 Å². The van der Waals surface area contributed by atoms with Crippen LogP contribution >= 0.6 is 0 Å². The number of pyridine rings is 1. The Morgan fingerprint density at radius 3 is 2.60 bits per heavy atom. The second-order valence-corrected chi connectivity index (χ2v) is 8.51. The van der Waals surface area contributed by atoms with Crippen LogP contribution in [0.1, 0.15) is 11.4 Å². The van der Waals surface area contributed by atoms with Crippen LogP contribution in [0.4, 0.5) is 5.69 Å². The van der Waals surface area contributed by atoms with Crippen LogP contribution in [0.15, 0.2) is 41.5 Å². The fourth-order valence-electron chi connectivity index (χ4n) is 4.89. The number of aromatic nitrogens is 5. The molecule has 2 fully saturated rings. The molecule has 0 bridgehead atoms. The molecule has 8 nitrogen and oxygen atoms in total. The molecule has 2 aliphatic heterocycles. The van der Waals surface area contributed by atoms with Gasteiger partial charge in [0.2, 0.25) is 0 Å². The Bertz CT molecular complexity index is 1340. The summed E-state index contributed by atoms with van der Waals surface area (Å²) in [5.74, 6) is 1.41. The third-order valence-electron chi connectivity index (χ3n) is 6.42. The van der Waals surface area contributed by atoms with Crippen molar-refractivity contribution in [3.8, 4) is 11.4 Å². The first-order valence-corrected chi connectivity index (χ1v) is 10.4. The summed E-state index contributed by atoms with van der Waals surface area (Å²) in [6.07, 6.45) is 3.80. The number of fused-ring (bicyclic) bond motifs is 3. The van der Waals surface area contributed by atoms with Crippen molar-refractivity contribution in [3.63, 3.8) is 0 Å². The van der Waals surface area contributed by atoms with E-state index in [1.807, 2.05) is 38.4 Å². The van der Waals surface area contributed by atoms with Gasteiger partial charge in [-0.05, 0) is 43.9 Å². The lowest BCUT2D eigenvalue weighted by atomic mass is 10.0. The Balaban J connectivity index is 1.39. The highest BCUT2D eigenvalue weighted by atomic mass is 16.1. The zero-order valence-corrected chi connectivity index (χ0v) is 17.0. The molecule has 4 aromatic rings. The molecule has 0 spiro atoms. The maximum atomic E-state index is 12.9. The van der Waals surface area contributed by atoms with Gasteiger partial charge in [0.25, 0.3) is 5.56 Å². The number of hydrogen-bond acceptors (Lipinski definition) is 6. The van der Waals surface area contributed by atoms with Gasteiger partial charge in [-0.1, -0.05) is 0 Å². The second-order valence-electron chi connectivity index (χ2n) is 8.51. The fraction of sp³-hybridized carbons (Fsp3) is 0.364. The zero-order chi connectivity index (χ0) is 20.4. The minimum Gasteiger partial charge on any atom is -0.370 e. The van der Waals surface area contributed by atoms with Crippen molar-refractivity contribution in [2.45, 2.75) is 13.8 Å². The topological polar surface area (TPSA) is 79.8 Å². The summed E-state index contributed by atoms with van der Waals surface area (Å²) in [7, 11) is 0. The SMILES string of the molecule is Cc1cn2nc(-c3cc(=O)n4cc(N5C[C@H]6CNC[C@H]6C5)ccc4n3)cc2c(C)n1. The number of anilines is 1. The van der Waals surface area contributed by atoms with Gasteiger partial charge in [0, 0.05) is 38.4 Å². The molecule has 0 amide bonds. The number of hydrogen-bond donors (Lipinski definition) is 1. The number of nitrogens with zero attached hydrogens (tertiary/aromatic N) is 6. The molecular weight excluding hydrogens is 378 g/mol. The number of aryl methyl sites for hydroxylation is 2. The molecule has 152 valence electrons. The van der Waals surface area contributed by atoms with Gasteiger partial charge in [-0.3, -0.25) is 14.2 Å². The monoisotopic (exact) mass is 401 g/mol. The average Bonchev–Trinajstić information content (AvgIpc) is 3.42. The minimum atomic E-state index is -0.0963. The third-order valence-corrected chi connectivity index (χ3v) is 6.42. The van der Waals surface area contributed by atoms with Crippen molar-refractivity contribution in [1.29, 1.82) is 0 Å². The Morgan fingerprint density at radius 1 is 1.00 bits per heavy atom. The average molecular weight is 401 g/mol. The molecule has 2 aliphatic rings. The highest BCUT2D eigenvalue weighted by Gasteiger charge is 2.36. The Kier molecular flexibility index (Phi) is 3.73. The first kappa shape index (κ1) is 17.6. The lowest BCUT2D eigenvalue weighted by Gasteiger charge is -2.20. The zero-order valence-electron chi connectivity index (χ0n) is 17.0. The molecule has 1 N–H and O–H groups in total. The third kappa shape index (κ3) is 2.71. The molecule has 0 radical (unpaired) electrons. The van der Waals surface area contributed by atoms with E-state index >= 15 is 0 Å². The van der Waals surface area contributed by atoms with E-state index in [1.54, 1.807) is 15.0 Å². The van der Waals surface area contributed by atoms with Crippen molar-refractivity contribution in [1.82, 2.24) is 29.3 Å². The predicted octanol–water partition coefficient (Wildman–Crippen LogP) is 1.68. The molecule has 2 atom stereocenters. The molecule has 4 aromatic heterocycles. The molecular formula is C22H23N7O. The van der Waals surface area contributed by atoms with Gasteiger partial charge in [-0.2, -0.15) is 5.10 Å². The molecule has 6 rings (SSSR count). The first-order valence-electron chi connectivity index (χ1n) is 10.4. The lowest BCUT2D eigenvalue weighted by molar-refractivity contribution is 0.533. The highest BCUT2D eigenvalue weighted by molar-refractivity contribution is 5.66. The van der Waals surface area contributed by atoms with Crippen molar-refractivity contribution < 1.29 is 0 Å². The standard InChI is InChI=1S/C22H23N7O/c1-13-9-29-20(14(2)24-13)5-19(26-29)18-6-22(30)28-12-17(3-4-21(28)25-18)27-10-15-7-23-8-16(15)11-27/h3-6,9,12,15-16,23H,7-8,10-11H2,1-2H3/t15-,16+. The molecule has 6 heterocycles. The molecule has 2 saturated heterocycles. The van der Waals surface area contributed by atoms with Crippen molar-refractivity contribution in [2.75, 3.05) is 31.1 Å². The van der Waals surface area contributed by atoms with Crippen LogP contribution in [0.3, 0.4) is 0 Å². The summed E-state index contributed by atoms with van der Waals surface area (Å²) in [6.45, 7) is 8.16. The summed E-state index contributed by atoms with van der Waals surface area (Å²) < 4.78 is 3.44. The summed E-state index contributed by atoms with van der Waals surface area (Å²) >= 11 is 0. The quantitative estimate of drug-likeness (QED) is 0.551. The predicted molar refractivity (Wildman–Crippen MR) is 115 cm³/mol. The highest BCUT2D eigenvalue weighted by Crippen LogP contribution is 2.30. The van der Waals surface area contributed by atoms with Crippen LogP contribution in [0.25, 0.3) is 22.6 Å². The minimum absolute atomic E-state index is 0.0963. The summed E-state index contributed by atoms with van der Waals surface area (Å²) in [4.78, 5) is 24.5. The van der Waals surface area contributed by atoms with E-state index in [4.69, 9.17) is 4.98 Å². The van der Waals surface area contributed by atoms with Crippen LogP contribution in [0.2, 0.25) is 0 Å². The number of nitrogens with one attached hydrogen (secondary N) is 1. The van der Waals surface area contributed by atoms with Crippen LogP contribution in [0, 0.1) is 25.7 Å². The van der Waals surface area contributed by atoms with Gasteiger partial charge in [-0.15, -0.1) is 0 Å². The van der Waals surface area contributed by atoms with Gasteiger partial charge in [-0.25, -0.2) is 9.50 Å². The fourth-order valence-corrected chi connectivity index (χ4v) is 4.89. The van der Waals surface area contributed by atoms with Crippen LogP contribution in [-0.2, 0) is 0 Å². The van der Waals surface area contributed by atoms with Gasteiger partial charge in [0.05, 0.1) is 34.5 Å². The van der Waals surface area contributed by atoms with Crippen LogP contribution in [0.5, 0.6) is 0 Å². The molecule has 8 heteroatoms. The lowest BCUT2D eigenvalue weighted by Crippen LogP contribution is -2.26. The van der Waals surface area contributed by atoms with Gasteiger partial charge < -0.3 is 10.2 Å². The molecule has 30 heavy (non-hydrogen) atoms. The Morgan fingerprint density at radius 2 is 1.80 bits per heavy atom. The van der Waals surface area contributed by atoms with Crippen molar-refractivity contribution >= 4 is 16.9 Å². The first-order chi connectivity index (χ1) is 14.5. The maximum Gasteiger partial charge on any atom is 0.258 e. The van der Waals surface area contributed by atoms with E-state index < -0.39 is 0 Å². The number of rotatable bonds is 2. The van der Waals surface area contributed by atoms with E-state index in [1.165, 1.54) is 0 Å². The normalized spacial score (nSPS) is 21.1. The van der Waals surface area contributed by atoms with Crippen molar-refractivity contribution in [3.05, 3.63) is 58.4 Å². The Labute approximate surface area is 173 Å². The van der Waals surface area contributed by atoms with E-state index in [2.05, 4.69) is 26.4 Å². The van der Waals surface area contributed by atoms with E-state index in [0.717, 1.165) is 48.8 Å². The van der Waals surface area contributed by atoms with Crippen LogP contribution < -0.4 is 15.8 Å². The smallest absolute Gasteiger partial charge is 0.258 e. The van der Waals surface area contributed by atoms with Gasteiger partial charge in [0.1, 0.15) is 11.3 Å². The van der Waals surface area contributed by atoms with Crippen LogP contribution in [-0.4, -0.2) is 50.2 Å². The maximum absolute atomic E-state index is 12.9. The summed E-state index contributed by atoms with van der Waals surface area (Å²) in [5.41, 5.74) is 5.59. The summed E-state index contributed by atoms with van der Waals surface area (Å²) in [6, 6.07) is 7.50. The second kappa shape index (κ2) is 6.37. The van der Waals surface area contributed by atoms with Crippen molar-refractivity contribution in [2.24, 2.45) is 11.8 Å². The largest absolute Gasteiger partial charge is 0.370 e.